The van der Waals surface area contributed by atoms with Gasteiger partial charge in [0.05, 0.1) is 5.39 Å². The zero-order valence-electron chi connectivity index (χ0n) is 16.3. The van der Waals surface area contributed by atoms with Crippen LogP contribution in [-0.4, -0.2) is 23.0 Å². The molecule has 144 valence electrons. The Morgan fingerprint density at radius 1 is 1.04 bits per heavy atom. The second kappa shape index (κ2) is 9.56. The number of rotatable bonds is 10. The highest BCUT2D eigenvalue weighted by molar-refractivity contribution is 5.94. The fourth-order valence-corrected chi connectivity index (χ4v) is 3.46. The molecule has 4 heteroatoms. The molecule has 0 saturated heterocycles. The highest BCUT2D eigenvalue weighted by Crippen LogP contribution is 2.36. The number of benzene rings is 2. The lowest BCUT2D eigenvalue weighted by Crippen LogP contribution is -2.19. The van der Waals surface area contributed by atoms with Crippen LogP contribution in [0.15, 0.2) is 47.0 Å². The molecule has 0 spiro atoms. The Hall–Kier alpha value is -2.33. The minimum atomic E-state index is 0.0273. The Balaban J connectivity index is 1.97. The van der Waals surface area contributed by atoms with Crippen LogP contribution >= 0.6 is 0 Å². The lowest BCUT2D eigenvalue weighted by Gasteiger charge is -2.20. The second-order valence-electron chi connectivity index (χ2n) is 6.96. The zero-order valence-corrected chi connectivity index (χ0v) is 16.3. The summed E-state index contributed by atoms with van der Waals surface area (Å²) in [4.78, 5) is 0. The summed E-state index contributed by atoms with van der Waals surface area (Å²) in [6.07, 6.45) is 5.71. The van der Waals surface area contributed by atoms with Crippen molar-refractivity contribution in [1.82, 2.24) is 5.16 Å². The maximum atomic E-state index is 9.38. The van der Waals surface area contributed by atoms with Gasteiger partial charge in [0, 0.05) is 24.2 Å². The first-order chi connectivity index (χ1) is 13.3. The Bertz CT molecular complexity index is 841. The van der Waals surface area contributed by atoms with Crippen LogP contribution < -0.4 is 4.74 Å². The molecule has 0 saturated carbocycles. The molecule has 4 nitrogen and oxygen atoms in total. The van der Waals surface area contributed by atoms with Gasteiger partial charge in [0.15, 0.2) is 5.58 Å². The van der Waals surface area contributed by atoms with E-state index >= 15 is 0 Å². The zero-order chi connectivity index (χ0) is 19.1. The van der Waals surface area contributed by atoms with Crippen LogP contribution in [0, 0.1) is 0 Å². The van der Waals surface area contributed by atoms with E-state index in [-0.39, 0.29) is 12.7 Å². The SMILES string of the molecule is CCCCC(CCO)Oc1ccc2c(-c3ccccc3)noc2c1CCC. The predicted molar refractivity (Wildman–Crippen MR) is 109 cm³/mol. The van der Waals surface area contributed by atoms with Crippen LogP contribution in [-0.2, 0) is 6.42 Å². The number of aromatic nitrogens is 1. The second-order valence-corrected chi connectivity index (χ2v) is 6.96. The van der Waals surface area contributed by atoms with Gasteiger partial charge in [0.1, 0.15) is 17.5 Å². The third-order valence-corrected chi connectivity index (χ3v) is 4.87. The van der Waals surface area contributed by atoms with Gasteiger partial charge >= 0.3 is 0 Å². The van der Waals surface area contributed by atoms with Gasteiger partial charge in [-0.3, -0.25) is 0 Å². The molecular formula is C23H29NO3. The van der Waals surface area contributed by atoms with E-state index in [0.717, 1.165) is 65.6 Å². The van der Waals surface area contributed by atoms with Crippen molar-refractivity contribution in [2.45, 2.75) is 58.5 Å². The molecule has 0 amide bonds. The van der Waals surface area contributed by atoms with Crippen molar-refractivity contribution >= 4 is 11.0 Å². The van der Waals surface area contributed by atoms with Crippen molar-refractivity contribution in [3.63, 3.8) is 0 Å². The first-order valence-corrected chi connectivity index (χ1v) is 10.0. The standard InChI is InChI=1S/C23H29NO3/c1-3-5-12-18(15-16-25)26-21-14-13-20-22(17-10-7-6-8-11-17)24-27-23(20)19(21)9-4-2/h6-8,10-11,13-14,18,25H,3-5,9,12,15-16H2,1-2H3. The molecule has 0 radical (unpaired) electrons. The van der Waals surface area contributed by atoms with Crippen molar-refractivity contribution < 1.29 is 14.4 Å². The van der Waals surface area contributed by atoms with Gasteiger partial charge in [-0.05, 0) is 25.0 Å². The number of hydrogen-bond donors (Lipinski definition) is 1. The van der Waals surface area contributed by atoms with E-state index in [2.05, 4.69) is 19.0 Å². The highest BCUT2D eigenvalue weighted by Gasteiger charge is 2.19. The van der Waals surface area contributed by atoms with Crippen LogP contribution in [0.25, 0.3) is 22.2 Å². The van der Waals surface area contributed by atoms with Crippen molar-refractivity contribution in [3.8, 4) is 17.0 Å². The van der Waals surface area contributed by atoms with Gasteiger partial charge in [-0.1, -0.05) is 68.6 Å². The van der Waals surface area contributed by atoms with E-state index in [1.165, 1.54) is 0 Å². The smallest absolute Gasteiger partial charge is 0.174 e. The van der Waals surface area contributed by atoms with Gasteiger partial charge in [-0.2, -0.15) is 0 Å². The van der Waals surface area contributed by atoms with Crippen molar-refractivity contribution in [1.29, 1.82) is 0 Å². The van der Waals surface area contributed by atoms with E-state index < -0.39 is 0 Å². The van der Waals surface area contributed by atoms with Crippen molar-refractivity contribution in [2.24, 2.45) is 0 Å². The number of ether oxygens (including phenoxy) is 1. The maximum Gasteiger partial charge on any atom is 0.174 e. The van der Waals surface area contributed by atoms with Gasteiger partial charge in [-0.25, -0.2) is 0 Å². The molecule has 1 N–H and O–H groups in total. The van der Waals surface area contributed by atoms with Gasteiger partial charge in [0.2, 0.25) is 0 Å². The first kappa shape index (κ1) is 19.4. The summed E-state index contributed by atoms with van der Waals surface area (Å²) in [6.45, 7) is 4.46. The number of fused-ring (bicyclic) bond motifs is 1. The average molecular weight is 367 g/mol. The van der Waals surface area contributed by atoms with Crippen LogP contribution in [0.5, 0.6) is 5.75 Å². The fraction of sp³-hybridized carbons (Fsp3) is 0.435. The van der Waals surface area contributed by atoms with E-state index in [1.807, 2.05) is 42.5 Å². The number of aryl methyl sites for hydroxylation is 1. The molecule has 0 aliphatic carbocycles. The van der Waals surface area contributed by atoms with E-state index in [4.69, 9.17) is 9.26 Å². The summed E-state index contributed by atoms with van der Waals surface area (Å²) in [7, 11) is 0. The minimum absolute atomic E-state index is 0.0273. The largest absolute Gasteiger partial charge is 0.490 e. The average Bonchev–Trinajstić information content (AvgIpc) is 3.13. The Morgan fingerprint density at radius 2 is 1.85 bits per heavy atom. The van der Waals surface area contributed by atoms with Crippen LogP contribution in [0.4, 0.5) is 0 Å². The Labute approximate surface area is 161 Å². The number of nitrogens with zero attached hydrogens (tertiary/aromatic N) is 1. The monoisotopic (exact) mass is 367 g/mol. The number of aliphatic hydroxyl groups is 1. The Morgan fingerprint density at radius 3 is 2.56 bits per heavy atom. The lowest BCUT2D eigenvalue weighted by molar-refractivity contribution is 0.143. The summed E-state index contributed by atoms with van der Waals surface area (Å²) in [5, 5.41) is 14.7. The minimum Gasteiger partial charge on any atom is -0.490 e. The molecule has 3 rings (SSSR count). The quantitative estimate of drug-likeness (QED) is 0.494. The normalized spacial score (nSPS) is 12.4. The molecule has 1 aromatic heterocycles. The van der Waals surface area contributed by atoms with Crippen LogP contribution in [0.2, 0.25) is 0 Å². The van der Waals surface area contributed by atoms with Crippen LogP contribution in [0.1, 0.15) is 51.5 Å². The molecule has 1 atom stereocenters. The summed E-state index contributed by atoms with van der Waals surface area (Å²) < 4.78 is 12.1. The molecule has 0 fully saturated rings. The number of aliphatic hydroxyl groups excluding tert-OH is 1. The van der Waals surface area contributed by atoms with Crippen molar-refractivity contribution in [2.75, 3.05) is 6.61 Å². The molecule has 0 aliphatic rings. The molecular weight excluding hydrogens is 338 g/mol. The van der Waals surface area contributed by atoms with E-state index in [0.29, 0.717) is 6.42 Å². The fourth-order valence-electron chi connectivity index (χ4n) is 3.46. The highest BCUT2D eigenvalue weighted by atomic mass is 16.5. The molecule has 0 bridgehead atoms. The summed E-state index contributed by atoms with van der Waals surface area (Å²) in [5.74, 6) is 0.856. The van der Waals surface area contributed by atoms with Crippen LogP contribution in [0.3, 0.4) is 0 Å². The molecule has 1 heterocycles. The van der Waals surface area contributed by atoms with E-state index in [1.54, 1.807) is 0 Å². The molecule has 1 unspecified atom stereocenters. The molecule has 3 aromatic rings. The topological polar surface area (TPSA) is 55.5 Å². The molecule has 2 aromatic carbocycles. The van der Waals surface area contributed by atoms with Gasteiger partial charge in [0.25, 0.3) is 0 Å². The first-order valence-electron chi connectivity index (χ1n) is 10.0. The molecule has 0 aliphatic heterocycles. The Kier molecular flexibility index (Phi) is 6.88. The number of hydrogen-bond acceptors (Lipinski definition) is 4. The summed E-state index contributed by atoms with van der Waals surface area (Å²) in [6, 6.07) is 14.2. The third kappa shape index (κ3) is 4.51. The lowest BCUT2D eigenvalue weighted by atomic mass is 10.0. The summed E-state index contributed by atoms with van der Waals surface area (Å²) in [5.41, 5.74) is 3.80. The molecule has 27 heavy (non-hydrogen) atoms. The predicted octanol–water partition coefficient (Wildman–Crippen LogP) is 5.77. The maximum absolute atomic E-state index is 9.38. The third-order valence-electron chi connectivity index (χ3n) is 4.87. The van der Waals surface area contributed by atoms with E-state index in [9.17, 15) is 5.11 Å². The van der Waals surface area contributed by atoms with Gasteiger partial charge in [-0.15, -0.1) is 0 Å². The summed E-state index contributed by atoms with van der Waals surface area (Å²) >= 11 is 0. The van der Waals surface area contributed by atoms with Crippen molar-refractivity contribution in [3.05, 3.63) is 48.0 Å². The number of unbranched alkanes of at least 4 members (excludes halogenated alkanes) is 1. The van der Waals surface area contributed by atoms with Gasteiger partial charge < -0.3 is 14.4 Å².